The molecule has 0 aromatic rings. The molecule has 3 heteroatoms. The first-order valence-electron chi connectivity index (χ1n) is 6.34. The van der Waals surface area contributed by atoms with Crippen molar-refractivity contribution in [1.82, 2.24) is 10.2 Å². The van der Waals surface area contributed by atoms with Gasteiger partial charge in [0.25, 0.3) is 0 Å². The number of nitrogens with zero attached hydrogens (tertiary/aromatic N) is 1. The largest absolute Gasteiger partial charge is 0.393 e. The average Bonchev–Trinajstić information content (AvgIpc) is 2.42. The second kappa shape index (κ2) is 4.81. The molecule has 3 nitrogen and oxygen atoms in total. The van der Waals surface area contributed by atoms with Crippen LogP contribution in [0.4, 0.5) is 0 Å². The number of rotatable bonds is 4. The minimum Gasteiger partial charge on any atom is -0.393 e. The molecule has 15 heavy (non-hydrogen) atoms. The van der Waals surface area contributed by atoms with Crippen LogP contribution in [0.2, 0.25) is 0 Å². The predicted molar refractivity (Wildman–Crippen MR) is 61.9 cm³/mol. The van der Waals surface area contributed by atoms with Crippen molar-refractivity contribution in [2.24, 2.45) is 0 Å². The van der Waals surface area contributed by atoms with E-state index in [1.165, 1.54) is 12.8 Å². The summed E-state index contributed by atoms with van der Waals surface area (Å²) in [6.45, 7) is 6.62. The molecule has 0 aromatic heterocycles. The molecule has 0 spiro atoms. The zero-order valence-corrected chi connectivity index (χ0v) is 9.95. The Morgan fingerprint density at radius 3 is 2.40 bits per heavy atom. The third-order valence-electron chi connectivity index (χ3n) is 3.78. The fraction of sp³-hybridized carbons (Fsp3) is 1.00. The van der Waals surface area contributed by atoms with Crippen LogP contribution in [0, 0.1) is 0 Å². The summed E-state index contributed by atoms with van der Waals surface area (Å²) in [5, 5.41) is 13.1. The lowest BCUT2D eigenvalue weighted by molar-refractivity contribution is 0.0359. The van der Waals surface area contributed by atoms with Crippen LogP contribution in [-0.2, 0) is 0 Å². The Morgan fingerprint density at radius 1 is 1.27 bits per heavy atom. The maximum absolute atomic E-state index is 9.68. The van der Waals surface area contributed by atoms with Gasteiger partial charge in [-0.3, -0.25) is 4.90 Å². The van der Waals surface area contributed by atoms with Crippen molar-refractivity contribution in [2.45, 2.75) is 63.8 Å². The number of aliphatic hydroxyl groups excluding tert-OH is 1. The molecule has 2 heterocycles. The second-order valence-corrected chi connectivity index (χ2v) is 5.36. The van der Waals surface area contributed by atoms with Crippen molar-refractivity contribution in [1.29, 1.82) is 0 Å². The molecular weight excluding hydrogens is 188 g/mol. The lowest BCUT2D eigenvalue weighted by Gasteiger charge is -2.37. The van der Waals surface area contributed by atoms with Crippen molar-refractivity contribution in [3.05, 3.63) is 0 Å². The number of fused-ring (bicyclic) bond motifs is 2. The molecule has 2 rings (SSSR count). The van der Waals surface area contributed by atoms with E-state index in [-0.39, 0.29) is 6.10 Å². The fourth-order valence-corrected chi connectivity index (χ4v) is 3.09. The Balaban J connectivity index is 1.78. The maximum Gasteiger partial charge on any atom is 0.0570 e. The molecule has 0 aromatic carbocycles. The van der Waals surface area contributed by atoms with Gasteiger partial charge in [-0.25, -0.2) is 0 Å². The van der Waals surface area contributed by atoms with Gasteiger partial charge in [0, 0.05) is 31.2 Å². The first-order chi connectivity index (χ1) is 7.16. The number of piperidine rings is 1. The van der Waals surface area contributed by atoms with Crippen molar-refractivity contribution in [2.75, 3.05) is 13.1 Å². The van der Waals surface area contributed by atoms with Crippen molar-refractivity contribution in [3.8, 4) is 0 Å². The summed E-state index contributed by atoms with van der Waals surface area (Å²) in [7, 11) is 0. The summed E-state index contributed by atoms with van der Waals surface area (Å²) in [6, 6.07) is 1.90. The molecule has 2 unspecified atom stereocenters. The predicted octanol–water partition coefficient (Wildman–Crippen LogP) is 0.972. The molecule has 0 saturated carbocycles. The third kappa shape index (κ3) is 2.71. The van der Waals surface area contributed by atoms with E-state index in [1.54, 1.807) is 0 Å². The highest BCUT2D eigenvalue weighted by atomic mass is 16.3. The molecule has 0 amide bonds. The molecule has 2 fully saturated rings. The van der Waals surface area contributed by atoms with Crippen molar-refractivity contribution in [3.63, 3.8) is 0 Å². The summed E-state index contributed by atoms with van der Waals surface area (Å²) < 4.78 is 0. The Labute approximate surface area is 92.8 Å². The normalized spacial score (nSPS) is 36.4. The summed E-state index contributed by atoms with van der Waals surface area (Å²) in [6.07, 6.45) is 4.56. The summed E-state index contributed by atoms with van der Waals surface area (Å²) in [5.74, 6) is 0. The minimum absolute atomic E-state index is 0.0307. The Hall–Kier alpha value is -0.120. The van der Waals surface area contributed by atoms with E-state index >= 15 is 0 Å². The minimum atomic E-state index is -0.0307. The Bertz CT molecular complexity index is 194. The molecule has 2 atom stereocenters. The van der Waals surface area contributed by atoms with Gasteiger partial charge >= 0.3 is 0 Å². The van der Waals surface area contributed by atoms with Crippen LogP contribution in [0.5, 0.6) is 0 Å². The lowest BCUT2D eigenvalue weighted by Crippen LogP contribution is -2.47. The van der Waals surface area contributed by atoms with Crippen LogP contribution in [-0.4, -0.2) is 47.3 Å². The van der Waals surface area contributed by atoms with Gasteiger partial charge in [0.05, 0.1) is 6.10 Å². The molecule has 88 valence electrons. The number of hydrogen-bond acceptors (Lipinski definition) is 3. The highest BCUT2D eigenvalue weighted by Gasteiger charge is 2.39. The zero-order valence-electron chi connectivity index (χ0n) is 9.95. The third-order valence-corrected chi connectivity index (χ3v) is 3.78. The molecule has 0 radical (unpaired) electrons. The van der Waals surface area contributed by atoms with Crippen LogP contribution in [0.25, 0.3) is 0 Å². The summed E-state index contributed by atoms with van der Waals surface area (Å²) in [4.78, 5) is 2.61. The molecule has 2 N–H and O–H groups in total. The van der Waals surface area contributed by atoms with Crippen LogP contribution >= 0.6 is 0 Å². The van der Waals surface area contributed by atoms with Crippen LogP contribution < -0.4 is 5.32 Å². The van der Waals surface area contributed by atoms with E-state index in [4.69, 9.17) is 0 Å². The van der Waals surface area contributed by atoms with Crippen molar-refractivity contribution >= 4 is 0 Å². The molecule has 2 bridgehead atoms. The van der Waals surface area contributed by atoms with Gasteiger partial charge in [0.2, 0.25) is 0 Å². The zero-order chi connectivity index (χ0) is 10.8. The van der Waals surface area contributed by atoms with Crippen molar-refractivity contribution < 1.29 is 5.11 Å². The number of hydrogen-bond donors (Lipinski definition) is 2. The Kier molecular flexibility index (Phi) is 3.65. The maximum atomic E-state index is 9.68. The van der Waals surface area contributed by atoms with E-state index in [2.05, 4.69) is 24.1 Å². The van der Waals surface area contributed by atoms with Crippen LogP contribution in [0.3, 0.4) is 0 Å². The van der Waals surface area contributed by atoms with Gasteiger partial charge in [-0.2, -0.15) is 0 Å². The highest BCUT2D eigenvalue weighted by Crippen LogP contribution is 2.35. The van der Waals surface area contributed by atoms with E-state index < -0.39 is 0 Å². The SMILES string of the molecule is CC(C)NCCN1C2CCC1CC(O)C2. The topological polar surface area (TPSA) is 35.5 Å². The molecular formula is C12H24N2O. The number of nitrogens with one attached hydrogen (secondary N) is 1. The smallest absolute Gasteiger partial charge is 0.0570 e. The highest BCUT2D eigenvalue weighted by molar-refractivity contribution is 4.95. The number of aliphatic hydroxyl groups is 1. The molecule has 0 aliphatic carbocycles. The summed E-state index contributed by atoms with van der Waals surface area (Å²) >= 11 is 0. The molecule has 2 aliphatic heterocycles. The van der Waals surface area contributed by atoms with Gasteiger partial charge < -0.3 is 10.4 Å². The first kappa shape index (κ1) is 11.4. The molecule has 2 aliphatic rings. The standard InChI is InChI=1S/C12H24N2O/c1-9(2)13-5-6-14-10-3-4-11(14)8-12(15)7-10/h9-13,15H,3-8H2,1-2H3. The van der Waals surface area contributed by atoms with Gasteiger partial charge in [-0.1, -0.05) is 13.8 Å². The lowest BCUT2D eigenvalue weighted by atomic mass is 10.00. The van der Waals surface area contributed by atoms with Crippen LogP contribution in [0.15, 0.2) is 0 Å². The first-order valence-corrected chi connectivity index (χ1v) is 6.34. The Morgan fingerprint density at radius 2 is 1.87 bits per heavy atom. The van der Waals surface area contributed by atoms with Gasteiger partial charge in [-0.05, 0) is 25.7 Å². The fourth-order valence-electron chi connectivity index (χ4n) is 3.09. The van der Waals surface area contributed by atoms with E-state index in [9.17, 15) is 5.11 Å². The average molecular weight is 212 g/mol. The van der Waals surface area contributed by atoms with E-state index in [0.29, 0.717) is 18.1 Å². The van der Waals surface area contributed by atoms with Crippen LogP contribution in [0.1, 0.15) is 39.5 Å². The van der Waals surface area contributed by atoms with Gasteiger partial charge in [0.1, 0.15) is 0 Å². The summed E-state index contributed by atoms with van der Waals surface area (Å²) in [5.41, 5.74) is 0. The van der Waals surface area contributed by atoms with Gasteiger partial charge in [0.15, 0.2) is 0 Å². The second-order valence-electron chi connectivity index (χ2n) is 5.36. The quantitative estimate of drug-likeness (QED) is 0.729. The van der Waals surface area contributed by atoms with E-state index in [0.717, 1.165) is 25.9 Å². The van der Waals surface area contributed by atoms with E-state index in [1.807, 2.05) is 0 Å². The monoisotopic (exact) mass is 212 g/mol. The van der Waals surface area contributed by atoms with Gasteiger partial charge in [-0.15, -0.1) is 0 Å². The molecule has 2 saturated heterocycles.